The monoisotopic (exact) mass is 186 g/mol. The largest absolute Gasteiger partial charge is 0.310 e. The molecule has 0 spiro atoms. The van der Waals surface area contributed by atoms with E-state index in [-0.39, 0.29) is 23.2 Å². The molecule has 1 aromatic heterocycles. The highest BCUT2D eigenvalue weighted by molar-refractivity contribution is 6.32. The standard InChI is InChI=1S/C7H4ClFN2O/c8-4-2-5(9)10-7-3(4)1-6(12)11-7/h2H,1H2,(H,10,11,12). The Bertz CT molecular complexity index is 367. The molecule has 1 aromatic rings. The van der Waals surface area contributed by atoms with Gasteiger partial charge in [0.15, 0.2) is 0 Å². The van der Waals surface area contributed by atoms with Crippen molar-refractivity contribution in [2.24, 2.45) is 0 Å². The van der Waals surface area contributed by atoms with E-state index < -0.39 is 5.95 Å². The Morgan fingerprint density at radius 1 is 1.67 bits per heavy atom. The summed E-state index contributed by atoms with van der Waals surface area (Å²) in [5.41, 5.74) is 0.572. The number of rotatable bonds is 0. The lowest BCUT2D eigenvalue weighted by Gasteiger charge is -1.98. The van der Waals surface area contributed by atoms with Crippen LogP contribution in [-0.2, 0) is 11.2 Å². The first kappa shape index (κ1) is 7.49. The number of hydrogen-bond donors (Lipinski definition) is 1. The molecule has 1 N–H and O–H groups in total. The van der Waals surface area contributed by atoms with Crippen LogP contribution in [0.4, 0.5) is 10.2 Å². The average Bonchev–Trinajstić information content (AvgIpc) is 2.29. The number of carbonyl (C=O) groups excluding carboxylic acids is 1. The molecule has 12 heavy (non-hydrogen) atoms. The van der Waals surface area contributed by atoms with Crippen molar-refractivity contribution < 1.29 is 9.18 Å². The first-order valence-corrected chi connectivity index (χ1v) is 3.69. The van der Waals surface area contributed by atoms with Crippen LogP contribution in [0.3, 0.4) is 0 Å². The summed E-state index contributed by atoms with van der Waals surface area (Å²) in [5, 5.41) is 2.65. The molecule has 0 atom stereocenters. The number of nitrogens with zero attached hydrogens (tertiary/aromatic N) is 1. The highest BCUT2D eigenvalue weighted by atomic mass is 35.5. The summed E-state index contributed by atoms with van der Waals surface area (Å²) < 4.78 is 12.6. The van der Waals surface area contributed by atoms with Crippen molar-refractivity contribution in [2.45, 2.75) is 6.42 Å². The second kappa shape index (κ2) is 2.42. The van der Waals surface area contributed by atoms with Crippen LogP contribution in [0.5, 0.6) is 0 Å². The van der Waals surface area contributed by atoms with Crippen molar-refractivity contribution in [3.8, 4) is 0 Å². The predicted octanol–water partition coefficient (Wildman–Crippen LogP) is 1.37. The predicted molar refractivity (Wildman–Crippen MR) is 41.5 cm³/mol. The number of fused-ring (bicyclic) bond motifs is 1. The van der Waals surface area contributed by atoms with E-state index in [1.54, 1.807) is 0 Å². The number of aromatic nitrogens is 1. The average molecular weight is 187 g/mol. The summed E-state index contributed by atoms with van der Waals surface area (Å²) in [5.74, 6) is -0.643. The number of carbonyl (C=O) groups is 1. The van der Waals surface area contributed by atoms with Gasteiger partial charge in [0.2, 0.25) is 11.9 Å². The smallest absolute Gasteiger partial charge is 0.230 e. The first-order valence-electron chi connectivity index (χ1n) is 3.31. The molecule has 0 radical (unpaired) electrons. The molecule has 1 amide bonds. The number of halogens is 2. The zero-order chi connectivity index (χ0) is 8.72. The molecule has 2 rings (SSSR count). The normalized spacial score (nSPS) is 14.3. The molecule has 0 bridgehead atoms. The molecular weight excluding hydrogens is 183 g/mol. The second-order valence-corrected chi connectivity index (χ2v) is 2.89. The van der Waals surface area contributed by atoms with Crippen molar-refractivity contribution >= 4 is 23.3 Å². The van der Waals surface area contributed by atoms with Gasteiger partial charge in [0.1, 0.15) is 5.82 Å². The Morgan fingerprint density at radius 3 is 3.17 bits per heavy atom. The topological polar surface area (TPSA) is 42.0 Å². The Hall–Kier alpha value is -1.16. The van der Waals surface area contributed by atoms with Crippen LogP contribution in [-0.4, -0.2) is 10.9 Å². The van der Waals surface area contributed by atoms with E-state index in [0.29, 0.717) is 5.56 Å². The maximum absolute atomic E-state index is 12.6. The van der Waals surface area contributed by atoms with Gasteiger partial charge in [-0.25, -0.2) is 4.98 Å². The van der Waals surface area contributed by atoms with E-state index in [4.69, 9.17) is 11.6 Å². The maximum Gasteiger partial charge on any atom is 0.230 e. The van der Waals surface area contributed by atoms with Gasteiger partial charge in [-0.05, 0) is 0 Å². The summed E-state index contributed by atoms with van der Waals surface area (Å²) in [6.45, 7) is 0. The minimum atomic E-state index is -0.680. The van der Waals surface area contributed by atoms with Crippen molar-refractivity contribution in [3.63, 3.8) is 0 Å². The van der Waals surface area contributed by atoms with Crippen LogP contribution in [0.25, 0.3) is 0 Å². The van der Waals surface area contributed by atoms with Crippen LogP contribution < -0.4 is 5.32 Å². The zero-order valence-corrected chi connectivity index (χ0v) is 6.65. The van der Waals surface area contributed by atoms with Gasteiger partial charge in [-0.15, -0.1) is 0 Å². The highest BCUT2D eigenvalue weighted by Gasteiger charge is 2.22. The molecule has 0 aliphatic carbocycles. The molecule has 1 aliphatic rings. The van der Waals surface area contributed by atoms with E-state index >= 15 is 0 Å². The van der Waals surface area contributed by atoms with Gasteiger partial charge < -0.3 is 5.32 Å². The second-order valence-electron chi connectivity index (χ2n) is 2.48. The third-order valence-electron chi connectivity index (χ3n) is 1.63. The molecule has 3 nitrogen and oxygen atoms in total. The fourth-order valence-corrected chi connectivity index (χ4v) is 1.37. The van der Waals surface area contributed by atoms with Crippen LogP contribution in [0.1, 0.15) is 5.56 Å². The maximum atomic E-state index is 12.6. The third kappa shape index (κ3) is 1.04. The molecule has 0 unspecified atom stereocenters. The molecule has 0 saturated carbocycles. The SMILES string of the molecule is O=C1Cc2c(Cl)cc(F)nc2N1. The molecule has 0 fully saturated rings. The molecular formula is C7H4ClFN2O. The van der Waals surface area contributed by atoms with Crippen molar-refractivity contribution in [1.82, 2.24) is 4.98 Å². The minimum Gasteiger partial charge on any atom is -0.310 e. The molecule has 0 saturated heterocycles. The lowest BCUT2D eigenvalue weighted by molar-refractivity contribution is -0.115. The number of pyridine rings is 1. The van der Waals surface area contributed by atoms with Crippen LogP contribution in [0.15, 0.2) is 6.07 Å². The van der Waals surface area contributed by atoms with Crippen LogP contribution in [0.2, 0.25) is 5.02 Å². The molecule has 0 aromatic carbocycles. The quantitative estimate of drug-likeness (QED) is 0.622. The third-order valence-corrected chi connectivity index (χ3v) is 1.97. The lowest BCUT2D eigenvalue weighted by atomic mass is 10.2. The number of anilines is 1. The molecule has 2 heterocycles. The number of hydrogen-bond acceptors (Lipinski definition) is 2. The molecule has 1 aliphatic heterocycles. The minimum absolute atomic E-state index is 0.182. The van der Waals surface area contributed by atoms with Crippen molar-refractivity contribution in [3.05, 3.63) is 22.6 Å². The van der Waals surface area contributed by atoms with E-state index in [1.165, 1.54) is 0 Å². The van der Waals surface area contributed by atoms with Gasteiger partial charge in [0.05, 0.1) is 11.4 Å². The highest BCUT2D eigenvalue weighted by Crippen LogP contribution is 2.28. The number of nitrogens with one attached hydrogen (secondary N) is 1. The van der Waals surface area contributed by atoms with Gasteiger partial charge in [-0.2, -0.15) is 4.39 Å². The Morgan fingerprint density at radius 2 is 2.42 bits per heavy atom. The summed E-state index contributed by atoms with van der Waals surface area (Å²) in [6, 6.07) is 1.10. The summed E-state index contributed by atoms with van der Waals surface area (Å²) >= 11 is 5.67. The Kier molecular flexibility index (Phi) is 1.51. The van der Waals surface area contributed by atoms with Crippen molar-refractivity contribution in [1.29, 1.82) is 0 Å². The van der Waals surface area contributed by atoms with Gasteiger partial charge in [-0.3, -0.25) is 4.79 Å². The van der Waals surface area contributed by atoms with Gasteiger partial charge in [-0.1, -0.05) is 11.6 Å². The van der Waals surface area contributed by atoms with Crippen LogP contribution >= 0.6 is 11.6 Å². The zero-order valence-electron chi connectivity index (χ0n) is 5.90. The van der Waals surface area contributed by atoms with Crippen molar-refractivity contribution in [2.75, 3.05) is 5.32 Å². The van der Waals surface area contributed by atoms with Crippen LogP contribution in [0, 0.1) is 5.95 Å². The van der Waals surface area contributed by atoms with E-state index in [2.05, 4.69) is 10.3 Å². The Labute approximate surface area is 72.6 Å². The van der Waals surface area contributed by atoms with Gasteiger partial charge >= 0.3 is 0 Å². The van der Waals surface area contributed by atoms with Gasteiger partial charge in [0.25, 0.3) is 0 Å². The van der Waals surface area contributed by atoms with E-state index in [0.717, 1.165) is 6.07 Å². The van der Waals surface area contributed by atoms with Gasteiger partial charge in [0, 0.05) is 11.6 Å². The van der Waals surface area contributed by atoms with E-state index in [1.807, 2.05) is 0 Å². The summed E-state index contributed by atoms with van der Waals surface area (Å²) in [4.78, 5) is 14.3. The summed E-state index contributed by atoms with van der Waals surface area (Å²) in [7, 11) is 0. The fourth-order valence-electron chi connectivity index (χ4n) is 1.12. The Balaban J connectivity index is 2.59. The van der Waals surface area contributed by atoms with E-state index in [9.17, 15) is 9.18 Å². The lowest BCUT2D eigenvalue weighted by Crippen LogP contribution is -2.04. The number of amides is 1. The molecule has 5 heteroatoms. The first-order chi connectivity index (χ1) is 5.66. The summed E-state index contributed by atoms with van der Waals surface area (Å²) in [6.07, 6.45) is 0.182. The molecule has 62 valence electrons. The fraction of sp³-hybridized carbons (Fsp3) is 0.143.